The molecule has 0 radical (unpaired) electrons. The third kappa shape index (κ3) is 1.37. The molecule has 0 aliphatic carbocycles. The minimum Gasteiger partial charge on any atom is -0.447 e. The molecule has 0 bridgehead atoms. The molecule has 0 saturated carbocycles. The van der Waals surface area contributed by atoms with Crippen LogP contribution < -0.4 is 10.7 Å². The quantitative estimate of drug-likeness (QED) is 0.370. The third-order valence-electron chi connectivity index (χ3n) is 1.08. The van der Waals surface area contributed by atoms with Gasteiger partial charge in [-0.05, 0) is 6.07 Å². The molecular formula is C6H8N4O. The van der Waals surface area contributed by atoms with Gasteiger partial charge in [0.05, 0.1) is 6.26 Å². The van der Waals surface area contributed by atoms with Crippen molar-refractivity contribution < 1.29 is 4.42 Å². The van der Waals surface area contributed by atoms with Crippen LogP contribution in [0.4, 0.5) is 5.88 Å². The molecule has 5 heteroatoms. The van der Waals surface area contributed by atoms with E-state index in [9.17, 15) is 0 Å². The Bertz CT molecular complexity index is 254. The molecule has 0 aromatic carbocycles. The van der Waals surface area contributed by atoms with Gasteiger partial charge in [-0.1, -0.05) is 0 Å². The predicted molar refractivity (Wildman–Crippen MR) is 42.7 cm³/mol. The summed E-state index contributed by atoms with van der Waals surface area (Å²) in [4.78, 5) is 0. The minimum absolute atomic E-state index is 0.227. The zero-order valence-electron chi connectivity index (χ0n) is 5.82. The maximum absolute atomic E-state index is 7.04. The van der Waals surface area contributed by atoms with Gasteiger partial charge in [-0.15, -0.1) is 0 Å². The van der Waals surface area contributed by atoms with Gasteiger partial charge in [0, 0.05) is 12.8 Å². The largest absolute Gasteiger partial charge is 0.447 e. The molecule has 0 atom stereocenters. The number of hydrazone groups is 1. The molecule has 0 amide bonds. The summed E-state index contributed by atoms with van der Waals surface area (Å²) in [6, 6.07) is 3.31. The Morgan fingerprint density at radius 3 is 2.91 bits per heavy atom. The van der Waals surface area contributed by atoms with Crippen LogP contribution in [0.3, 0.4) is 0 Å². The Kier molecular flexibility index (Phi) is 1.91. The van der Waals surface area contributed by atoms with Crippen LogP contribution in [-0.2, 0) is 0 Å². The lowest BCUT2D eigenvalue weighted by Gasteiger charge is -2.10. The fraction of sp³-hybridized carbons (Fsp3) is 0. The molecule has 1 aromatic rings. The van der Waals surface area contributed by atoms with Crippen LogP contribution in [0, 0.1) is 5.41 Å². The van der Waals surface area contributed by atoms with E-state index in [4.69, 9.17) is 15.6 Å². The Balaban J connectivity index is 2.88. The van der Waals surface area contributed by atoms with Crippen molar-refractivity contribution >= 4 is 18.6 Å². The predicted octanol–water partition coefficient (Wildman–Crippen LogP) is 0.595. The summed E-state index contributed by atoms with van der Waals surface area (Å²) < 4.78 is 4.92. The summed E-state index contributed by atoms with van der Waals surface area (Å²) in [6.07, 6.45) is 1.47. The van der Waals surface area contributed by atoms with Crippen molar-refractivity contribution in [2.75, 3.05) is 5.01 Å². The number of furan rings is 1. The molecule has 0 spiro atoms. The van der Waals surface area contributed by atoms with Crippen LogP contribution in [0.15, 0.2) is 27.9 Å². The Morgan fingerprint density at radius 1 is 1.82 bits per heavy atom. The maximum Gasteiger partial charge on any atom is 0.222 e. The Hall–Kier alpha value is -1.78. The van der Waals surface area contributed by atoms with Crippen LogP contribution >= 0.6 is 0 Å². The number of rotatable bonds is 2. The summed E-state index contributed by atoms with van der Waals surface area (Å²) in [7, 11) is 0. The van der Waals surface area contributed by atoms with Crippen molar-refractivity contribution in [2.45, 2.75) is 0 Å². The normalized spacial score (nSPS) is 9.09. The average Bonchev–Trinajstić information content (AvgIpc) is 2.40. The lowest BCUT2D eigenvalue weighted by Crippen LogP contribution is -2.31. The number of hydrogen-bond acceptors (Lipinski definition) is 3. The van der Waals surface area contributed by atoms with Gasteiger partial charge in [0.25, 0.3) is 0 Å². The highest BCUT2D eigenvalue weighted by Crippen LogP contribution is 2.13. The SMILES string of the molecule is C=NN(C(=N)N)c1ccco1. The minimum atomic E-state index is -0.227. The first-order valence-electron chi connectivity index (χ1n) is 2.90. The fourth-order valence-electron chi connectivity index (χ4n) is 0.655. The van der Waals surface area contributed by atoms with Crippen LogP contribution in [0.25, 0.3) is 0 Å². The van der Waals surface area contributed by atoms with E-state index in [2.05, 4.69) is 11.8 Å². The van der Waals surface area contributed by atoms with E-state index in [0.29, 0.717) is 5.88 Å². The first-order valence-corrected chi connectivity index (χ1v) is 2.90. The van der Waals surface area contributed by atoms with Crippen molar-refractivity contribution in [3.63, 3.8) is 0 Å². The van der Waals surface area contributed by atoms with Crippen molar-refractivity contribution in [1.29, 1.82) is 5.41 Å². The molecule has 0 aliphatic rings. The number of guanidine groups is 1. The van der Waals surface area contributed by atoms with Gasteiger partial charge in [-0.2, -0.15) is 10.1 Å². The molecule has 0 fully saturated rings. The summed E-state index contributed by atoms with van der Waals surface area (Å²) in [5.41, 5.74) is 5.15. The van der Waals surface area contributed by atoms with Crippen molar-refractivity contribution in [1.82, 2.24) is 0 Å². The molecule has 1 rings (SSSR count). The lowest BCUT2D eigenvalue weighted by atomic mass is 10.6. The highest BCUT2D eigenvalue weighted by Gasteiger charge is 2.08. The highest BCUT2D eigenvalue weighted by molar-refractivity contribution is 5.90. The molecule has 1 heterocycles. The van der Waals surface area contributed by atoms with E-state index in [1.807, 2.05) is 0 Å². The second-order valence-electron chi connectivity index (χ2n) is 1.79. The second-order valence-corrected chi connectivity index (χ2v) is 1.79. The highest BCUT2D eigenvalue weighted by atomic mass is 16.3. The van der Waals surface area contributed by atoms with Crippen LogP contribution in [0.5, 0.6) is 0 Å². The zero-order chi connectivity index (χ0) is 8.27. The second kappa shape index (κ2) is 2.87. The Labute approximate surface area is 63.6 Å². The van der Waals surface area contributed by atoms with Gasteiger partial charge >= 0.3 is 0 Å². The lowest BCUT2D eigenvalue weighted by molar-refractivity contribution is 0.567. The van der Waals surface area contributed by atoms with Gasteiger partial charge < -0.3 is 10.2 Å². The van der Waals surface area contributed by atoms with Crippen LogP contribution in [0.2, 0.25) is 0 Å². The van der Waals surface area contributed by atoms with Gasteiger partial charge in [0.15, 0.2) is 0 Å². The summed E-state index contributed by atoms with van der Waals surface area (Å²) in [5.74, 6) is 0.155. The number of nitrogens with zero attached hydrogens (tertiary/aromatic N) is 2. The van der Waals surface area contributed by atoms with E-state index >= 15 is 0 Å². The van der Waals surface area contributed by atoms with E-state index in [-0.39, 0.29) is 5.96 Å². The van der Waals surface area contributed by atoms with Crippen molar-refractivity contribution in [2.24, 2.45) is 10.8 Å². The molecule has 5 nitrogen and oxygen atoms in total. The summed E-state index contributed by atoms with van der Waals surface area (Å²) >= 11 is 0. The maximum atomic E-state index is 7.04. The van der Waals surface area contributed by atoms with Gasteiger partial charge in [0.1, 0.15) is 0 Å². The van der Waals surface area contributed by atoms with Gasteiger partial charge in [-0.25, -0.2) is 0 Å². The first kappa shape index (κ1) is 7.33. The number of nitrogens with two attached hydrogens (primary N) is 1. The summed E-state index contributed by atoms with van der Waals surface area (Å²) in [6.45, 7) is 3.23. The molecule has 0 unspecified atom stereocenters. The van der Waals surface area contributed by atoms with Crippen molar-refractivity contribution in [3.8, 4) is 0 Å². The first-order chi connectivity index (χ1) is 5.25. The Morgan fingerprint density at radius 2 is 2.55 bits per heavy atom. The topological polar surface area (TPSA) is 78.6 Å². The standard InChI is InChI=1S/C6H8N4O/c1-9-10(6(7)8)5-3-2-4-11-5/h2-4H,1H2,(H3,7,8). The van der Waals surface area contributed by atoms with Crippen molar-refractivity contribution in [3.05, 3.63) is 18.4 Å². The molecule has 1 aromatic heterocycles. The molecule has 11 heavy (non-hydrogen) atoms. The monoisotopic (exact) mass is 152 g/mol. The van der Waals surface area contributed by atoms with E-state index < -0.39 is 0 Å². The zero-order valence-corrected chi connectivity index (χ0v) is 5.82. The molecule has 0 aliphatic heterocycles. The molecule has 58 valence electrons. The average molecular weight is 152 g/mol. The van der Waals surface area contributed by atoms with Gasteiger partial charge in [-0.3, -0.25) is 5.41 Å². The molecule has 0 saturated heterocycles. The van der Waals surface area contributed by atoms with Crippen LogP contribution in [-0.4, -0.2) is 12.7 Å². The number of hydrogen-bond donors (Lipinski definition) is 2. The van der Waals surface area contributed by atoms with Gasteiger partial charge in [0.2, 0.25) is 11.8 Å². The molecular weight excluding hydrogens is 144 g/mol. The van der Waals surface area contributed by atoms with Crippen LogP contribution in [0.1, 0.15) is 0 Å². The molecule has 3 N–H and O–H groups in total. The number of anilines is 1. The van der Waals surface area contributed by atoms with E-state index in [1.165, 1.54) is 6.26 Å². The third-order valence-corrected chi connectivity index (χ3v) is 1.08. The fourth-order valence-corrected chi connectivity index (χ4v) is 0.655. The van der Waals surface area contributed by atoms with E-state index in [0.717, 1.165) is 5.01 Å². The number of nitrogens with one attached hydrogen (secondary N) is 1. The van der Waals surface area contributed by atoms with E-state index in [1.54, 1.807) is 12.1 Å². The smallest absolute Gasteiger partial charge is 0.222 e. The summed E-state index contributed by atoms with van der Waals surface area (Å²) in [5, 5.41) is 11.6.